The number of hydrogen-bond acceptors (Lipinski definition) is 5. The molecule has 0 bridgehead atoms. The SMILES string of the molecule is Cc1ncsc1CN1CCc2nc(-c3ccc(Cl)cc3)ncc2C1. The fourth-order valence-corrected chi connectivity index (χ4v) is 3.87. The van der Waals surface area contributed by atoms with Crippen LogP contribution in [0, 0.1) is 6.92 Å². The third-order valence-corrected chi connectivity index (χ3v) is 5.50. The molecule has 3 heterocycles. The van der Waals surface area contributed by atoms with E-state index in [2.05, 4.69) is 21.8 Å². The molecule has 0 spiro atoms. The molecule has 1 aliphatic rings. The predicted octanol–water partition coefficient (Wildman–Crippen LogP) is 4.12. The second-order valence-electron chi connectivity index (χ2n) is 5.99. The summed E-state index contributed by atoms with van der Waals surface area (Å²) in [5, 5.41) is 0.728. The number of rotatable bonds is 3. The molecule has 0 radical (unpaired) electrons. The van der Waals surface area contributed by atoms with Crippen LogP contribution in [0.15, 0.2) is 36.0 Å². The van der Waals surface area contributed by atoms with Gasteiger partial charge in [0, 0.05) is 53.3 Å². The Hall–Kier alpha value is -1.82. The van der Waals surface area contributed by atoms with E-state index < -0.39 is 0 Å². The van der Waals surface area contributed by atoms with E-state index in [1.165, 1.54) is 10.4 Å². The van der Waals surface area contributed by atoms with Crippen LogP contribution >= 0.6 is 22.9 Å². The van der Waals surface area contributed by atoms with Crippen LogP contribution in [0.3, 0.4) is 0 Å². The molecule has 4 nitrogen and oxygen atoms in total. The molecule has 0 fully saturated rings. The Morgan fingerprint density at radius 1 is 1.21 bits per heavy atom. The van der Waals surface area contributed by atoms with Gasteiger partial charge in [-0.2, -0.15) is 0 Å². The van der Waals surface area contributed by atoms with Crippen LogP contribution in [0.5, 0.6) is 0 Å². The Morgan fingerprint density at radius 3 is 2.79 bits per heavy atom. The molecule has 0 aliphatic carbocycles. The van der Waals surface area contributed by atoms with E-state index in [1.54, 1.807) is 11.3 Å². The third kappa shape index (κ3) is 3.20. The van der Waals surface area contributed by atoms with E-state index in [1.807, 2.05) is 36.0 Å². The van der Waals surface area contributed by atoms with Gasteiger partial charge in [0.15, 0.2) is 5.82 Å². The van der Waals surface area contributed by atoms with Crippen molar-refractivity contribution in [3.63, 3.8) is 0 Å². The summed E-state index contributed by atoms with van der Waals surface area (Å²) in [6, 6.07) is 7.68. The highest BCUT2D eigenvalue weighted by atomic mass is 35.5. The van der Waals surface area contributed by atoms with Gasteiger partial charge < -0.3 is 0 Å². The van der Waals surface area contributed by atoms with Crippen molar-refractivity contribution in [1.82, 2.24) is 19.9 Å². The summed E-state index contributed by atoms with van der Waals surface area (Å²) in [6.45, 7) is 4.94. The first-order valence-electron chi connectivity index (χ1n) is 7.91. The Bertz CT molecular complexity index is 860. The maximum absolute atomic E-state index is 5.95. The van der Waals surface area contributed by atoms with E-state index in [4.69, 9.17) is 16.6 Å². The second kappa shape index (κ2) is 6.59. The van der Waals surface area contributed by atoms with Gasteiger partial charge in [0.2, 0.25) is 0 Å². The average molecular weight is 357 g/mol. The maximum atomic E-state index is 5.95. The van der Waals surface area contributed by atoms with E-state index in [9.17, 15) is 0 Å². The van der Waals surface area contributed by atoms with Gasteiger partial charge in [0.25, 0.3) is 0 Å². The first-order valence-corrected chi connectivity index (χ1v) is 9.17. The van der Waals surface area contributed by atoms with Gasteiger partial charge in [0.05, 0.1) is 16.9 Å². The molecular weight excluding hydrogens is 340 g/mol. The Labute approximate surface area is 150 Å². The fraction of sp³-hybridized carbons (Fsp3) is 0.278. The lowest BCUT2D eigenvalue weighted by molar-refractivity contribution is 0.244. The Balaban J connectivity index is 1.53. The highest BCUT2D eigenvalue weighted by Crippen LogP contribution is 2.24. The van der Waals surface area contributed by atoms with Crippen LogP contribution < -0.4 is 0 Å². The van der Waals surface area contributed by atoms with Gasteiger partial charge in [-0.25, -0.2) is 15.0 Å². The molecule has 2 aromatic heterocycles. The number of aryl methyl sites for hydroxylation is 1. The predicted molar refractivity (Wildman–Crippen MR) is 97.1 cm³/mol. The van der Waals surface area contributed by atoms with Crippen molar-refractivity contribution >= 4 is 22.9 Å². The van der Waals surface area contributed by atoms with E-state index in [0.29, 0.717) is 0 Å². The first-order chi connectivity index (χ1) is 11.7. The zero-order chi connectivity index (χ0) is 16.5. The van der Waals surface area contributed by atoms with Crippen molar-refractivity contribution in [1.29, 1.82) is 0 Å². The minimum Gasteiger partial charge on any atom is -0.293 e. The van der Waals surface area contributed by atoms with Crippen LogP contribution in [-0.2, 0) is 19.5 Å². The molecule has 24 heavy (non-hydrogen) atoms. The number of thiazole rings is 1. The van der Waals surface area contributed by atoms with Gasteiger partial charge in [-0.15, -0.1) is 11.3 Å². The van der Waals surface area contributed by atoms with E-state index >= 15 is 0 Å². The summed E-state index contributed by atoms with van der Waals surface area (Å²) in [7, 11) is 0. The zero-order valence-electron chi connectivity index (χ0n) is 13.4. The lowest BCUT2D eigenvalue weighted by atomic mass is 10.1. The quantitative estimate of drug-likeness (QED) is 0.708. The second-order valence-corrected chi connectivity index (χ2v) is 7.37. The lowest BCUT2D eigenvalue weighted by Gasteiger charge is -2.27. The molecule has 1 aromatic carbocycles. The summed E-state index contributed by atoms with van der Waals surface area (Å²) >= 11 is 7.68. The molecule has 0 saturated carbocycles. The van der Waals surface area contributed by atoms with Crippen LogP contribution in [0.2, 0.25) is 5.02 Å². The number of fused-ring (bicyclic) bond motifs is 1. The Kier molecular flexibility index (Phi) is 4.31. The molecule has 0 amide bonds. The number of benzene rings is 1. The minimum atomic E-state index is 0.728. The van der Waals surface area contributed by atoms with Crippen molar-refractivity contribution in [3.05, 3.63) is 62.8 Å². The zero-order valence-corrected chi connectivity index (χ0v) is 14.9. The van der Waals surface area contributed by atoms with Crippen molar-refractivity contribution in [2.45, 2.75) is 26.4 Å². The van der Waals surface area contributed by atoms with Crippen molar-refractivity contribution < 1.29 is 0 Å². The average Bonchev–Trinajstić information content (AvgIpc) is 3.00. The minimum absolute atomic E-state index is 0.728. The van der Waals surface area contributed by atoms with Crippen molar-refractivity contribution in [3.8, 4) is 11.4 Å². The molecule has 122 valence electrons. The molecular formula is C18H17ClN4S. The van der Waals surface area contributed by atoms with Gasteiger partial charge in [-0.05, 0) is 31.2 Å². The normalized spacial score (nSPS) is 14.6. The summed E-state index contributed by atoms with van der Waals surface area (Å²) in [5.41, 5.74) is 6.45. The molecule has 0 N–H and O–H groups in total. The number of nitrogens with zero attached hydrogens (tertiary/aromatic N) is 4. The largest absolute Gasteiger partial charge is 0.293 e. The topological polar surface area (TPSA) is 41.9 Å². The fourth-order valence-electron chi connectivity index (χ4n) is 2.93. The highest BCUT2D eigenvalue weighted by Gasteiger charge is 2.20. The van der Waals surface area contributed by atoms with Gasteiger partial charge in [0.1, 0.15) is 0 Å². The standard InChI is InChI=1S/C18H17ClN4S/c1-12-17(24-11-21-12)10-23-7-6-16-14(9-23)8-20-18(22-16)13-2-4-15(19)5-3-13/h2-5,8,11H,6-7,9-10H2,1H3. The number of hydrogen-bond donors (Lipinski definition) is 0. The molecule has 0 atom stereocenters. The van der Waals surface area contributed by atoms with Crippen molar-refractivity contribution in [2.75, 3.05) is 6.54 Å². The molecule has 1 aliphatic heterocycles. The number of aromatic nitrogens is 3. The van der Waals surface area contributed by atoms with Crippen LogP contribution in [0.25, 0.3) is 11.4 Å². The lowest BCUT2D eigenvalue weighted by Crippen LogP contribution is -2.30. The first kappa shape index (κ1) is 15.7. The molecule has 6 heteroatoms. The van der Waals surface area contributed by atoms with Crippen LogP contribution in [0.1, 0.15) is 21.8 Å². The monoisotopic (exact) mass is 356 g/mol. The van der Waals surface area contributed by atoms with E-state index in [-0.39, 0.29) is 0 Å². The summed E-state index contributed by atoms with van der Waals surface area (Å²) in [6.07, 6.45) is 2.92. The van der Waals surface area contributed by atoms with Crippen LogP contribution in [0.4, 0.5) is 0 Å². The highest BCUT2D eigenvalue weighted by molar-refractivity contribution is 7.09. The van der Waals surface area contributed by atoms with E-state index in [0.717, 1.165) is 53.9 Å². The molecule has 0 unspecified atom stereocenters. The smallest absolute Gasteiger partial charge is 0.159 e. The summed E-state index contributed by atoms with van der Waals surface area (Å²) < 4.78 is 0. The third-order valence-electron chi connectivity index (χ3n) is 4.33. The molecule has 0 saturated heterocycles. The summed E-state index contributed by atoms with van der Waals surface area (Å²) in [4.78, 5) is 17.4. The Morgan fingerprint density at radius 2 is 2.04 bits per heavy atom. The molecule has 3 aromatic rings. The number of halogens is 1. The summed E-state index contributed by atoms with van der Waals surface area (Å²) in [5.74, 6) is 0.775. The maximum Gasteiger partial charge on any atom is 0.159 e. The molecule has 4 rings (SSSR count). The van der Waals surface area contributed by atoms with Crippen molar-refractivity contribution in [2.24, 2.45) is 0 Å². The van der Waals surface area contributed by atoms with Gasteiger partial charge >= 0.3 is 0 Å². The van der Waals surface area contributed by atoms with Crippen LogP contribution in [-0.4, -0.2) is 26.4 Å². The van der Waals surface area contributed by atoms with Gasteiger partial charge in [-0.3, -0.25) is 4.90 Å². The van der Waals surface area contributed by atoms with Gasteiger partial charge in [-0.1, -0.05) is 11.6 Å².